The number of benzene rings is 1. The Hall–Kier alpha value is -2.39. The van der Waals surface area contributed by atoms with E-state index < -0.39 is 11.7 Å². The van der Waals surface area contributed by atoms with Gasteiger partial charge in [-0.2, -0.15) is 13.2 Å². The van der Waals surface area contributed by atoms with E-state index in [4.69, 9.17) is 0 Å². The van der Waals surface area contributed by atoms with Gasteiger partial charge in [-0.3, -0.25) is 14.6 Å². The summed E-state index contributed by atoms with van der Waals surface area (Å²) in [6, 6.07) is 4.81. The van der Waals surface area contributed by atoms with E-state index in [0.717, 1.165) is 31.8 Å². The maximum absolute atomic E-state index is 12.9. The zero-order valence-corrected chi connectivity index (χ0v) is 13.9. The van der Waals surface area contributed by atoms with Gasteiger partial charge in [0.25, 0.3) is 0 Å². The van der Waals surface area contributed by atoms with Crippen LogP contribution in [0.25, 0.3) is 5.69 Å². The van der Waals surface area contributed by atoms with Crippen molar-refractivity contribution in [2.24, 2.45) is 0 Å². The lowest BCUT2D eigenvalue weighted by molar-refractivity contribution is -0.137. The lowest BCUT2D eigenvalue weighted by Crippen LogP contribution is -2.64. The van der Waals surface area contributed by atoms with Crippen LogP contribution < -0.4 is 10.2 Å². The third-order valence-corrected chi connectivity index (χ3v) is 4.83. The van der Waals surface area contributed by atoms with Crippen LogP contribution in [-0.4, -0.2) is 59.1 Å². The Bertz CT molecular complexity index is 819. The van der Waals surface area contributed by atoms with E-state index in [2.05, 4.69) is 15.2 Å². The number of rotatable bonds is 2. The standard InChI is InChI=1S/C17H18F3N5O/c18-17(19,20)12-2-1-3-13(8-12)24-10-15(22-11-24)25-7-6-23-5-4-21-9-14(23)16(25)26/h1-3,8,10-11,14,21H,4-7,9H2/t14-/m1/s1. The minimum absolute atomic E-state index is 0.0299. The van der Waals surface area contributed by atoms with Crippen molar-refractivity contribution in [1.82, 2.24) is 19.8 Å². The summed E-state index contributed by atoms with van der Waals surface area (Å²) in [5.41, 5.74) is -0.368. The molecule has 138 valence electrons. The Morgan fingerprint density at radius 1 is 1.19 bits per heavy atom. The van der Waals surface area contributed by atoms with E-state index in [-0.39, 0.29) is 11.9 Å². The molecule has 1 N–H and O–H groups in total. The van der Waals surface area contributed by atoms with Crippen LogP contribution in [-0.2, 0) is 11.0 Å². The average Bonchev–Trinajstić information content (AvgIpc) is 3.11. The van der Waals surface area contributed by atoms with Gasteiger partial charge in [-0.1, -0.05) is 6.07 Å². The summed E-state index contributed by atoms with van der Waals surface area (Å²) < 4.78 is 40.2. The highest BCUT2D eigenvalue weighted by Gasteiger charge is 2.37. The van der Waals surface area contributed by atoms with Gasteiger partial charge in [0.15, 0.2) is 5.82 Å². The molecule has 0 unspecified atom stereocenters. The normalized spacial score (nSPS) is 21.7. The van der Waals surface area contributed by atoms with Gasteiger partial charge in [0.1, 0.15) is 12.4 Å². The van der Waals surface area contributed by atoms with E-state index in [9.17, 15) is 18.0 Å². The minimum Gasteiger partial charge on any atom is -0.313 e. The summed E-state index contributed by atoms with van der Waals surface area (Å²) in [7, 11) is 0. The molecule has 2 aliphatic heterocycles. The van der Waals surface area contributed by atoms with Gasteiger partial charge < -0.3 is 9.88 Å². The van der Waals surface area contributed by atoms with E-state index >= 15 is 0 Å². The van der Waals surface area contributed by atoms with E-state index in [1.807, 2.05) is 0 Å². The number of nitrogens with zero attached hydrogens (tertiary/aromatic N) is 4. The topological polar surface area (TPSA) is 53.4 Å². The van der Waals surface area contributed by atoms with Crippen LogP contribution in [0.15, 0.2) is 36.8 Å². The molecule has 1 amide bonds. The van der Waals surface area contributed by atoms with Crippen LogP contribution in [0.1, 0.15) is 5.56 Å². The lowest BCUT2D eigenvalue weighted by Gasteiger charge is -2.42. The molecule has 1 aromatic carbocycles. The molecule has 0 saturated carbocycles. The van der Waals surface area contributed by atoms with Crippen molar-refractivity contribution in [3.05, 3.63) is 42.4 Å². The molecule has 0 radical (unpaired) electrons. The second kappa shape index (κ2) is 6.40. The van der Waals surface area contributed by atoms with Crippen molar-refractivity contribution in [3.8, 4) is 5.69 Å². The number of anilines is 1. The number of aromatic nitrogens is 2. The van der Waals surface area contributed by atoms with Crippen molar-refractivity contribution < 1.29 is 18.0 Å². The Kier molecular flexibility index (Phi) is 4.20. The lowest BCUT2D eigenvalue weighted by atomic mass is 10.1. The molecule has 4 rings (SSSR count). The fraction of sp³-hybridized carbons (Fsp3) is 0.412. The van der Waals surface area contributed by atoms with Gasteiger partial charge in [-0.05, 0) is 18.2 Å². The van der Waals surface area contributed by atoms with Crippen LogP contribution >= 0.6 is 0 Å². The van der Waals surface area contributed by atoms with Crippen LogP contribution in [0, 0.1) is 0 Å². The van der Waals surface area contributed by atoms with Gasteiger partial charge in [0.05, 0.1) is 11.8 Å². The third-order valence-electron chi connectivity index (χ3n) is 4.83. The maximum atomic E-state index is 12.9. The van der Waals surface area contributed by atoms with Gasteiger partial charge in [0.2, 0.25) is 5.91 Å². The fourth-order valence-electron chi connectivity index (χ4n) is 3.44. The Morgan fingerprint density at radius 3 is 2.85 bits per heavy atom. The number of carbonyl (C=O) groups is 1. The van der Waals surface area contributed by atoms with Crippen molar-refractivity contribution in [2.45, 2.75) is 12.2 Å². The molecule has 9 heteroatoms. The van der Waals surface area contributed by atoms with Crippen LogP contribution in [0.5, 0.6) is 0 Å². The number of carbonyl (C=O) groups excluding carboxylic acids is 1. The second-order valence-corrected chi connectivity index (χ2v) is 6.43. The highest BCUT2D eigenvalue weighted by atomic mass is 19.4. The summed E-state index contributed by atoms with van der Waals surface area (Å²) in [6.45, 7) is 3.59. The number of amides is 1. The monoisotopic (exact) mass is 365 g/mol. The predicted octanol–water partition coefficient (Wildman–Crippen LogP) is 1.51. The molecule has 2 saturated heterocycles. The quantitative estimate of drug-likeness (QED) is 0.877. The first-order chi connectivity index (χ1) is 12.4. The molecule has 2 fully saturated rings. The molecule has 0 spiro atoms. The van der Waals surface area contributed by atoms with Crippen LogP contribution in [0.4, 0.5) is 19.0 Å². The largest absolute Gasteiger partial charge is 0.416 e. The summed E-state index contributed by atoms with van der Waals surface area (Å²) in [4.78, 5) is 20.7. The van der Waals surface area contributed by atoms with Crippen molar-refractivity contribution in [2.75, 3.05) is 37.6 Å². The average molecular weight is 365 g/mol. The van der Waals surface area contributed by atoms with Crippen molar-refractivity contribution in [3.63, 3.8) is 0 Å². The number of hydrogen-bond acceptors (Lipinski definition) is 4. The number of piperazine rings is 2. The first-order valence-electron chi connectivity index (χ1n) is 8.41. The van der Waals surface area contributed by atoms with E-state index in [0.29, 0.717) is 24.6 Å². The predicted molar refractivity (Wildman–Crippen MR) is 89.1 cm³/mol. The number of fused-ring (bicyclic) bond motifs is 1. The summed E-state index contributed by atoms with van der Waals surface area (Å²) in [5.74, 6) is 0.426. The highest BCUT2D eigenvalue weighted by molar-refractivity contribution is 5.97. The van der Waals surface area contributed by atoms with Gasteiger partial charge in [-0.15, -0.1) is 0 Å². The Balaban J connectivity index is 1.58. The first-order valence-corrected chi connectivity index (χ1v) is 8.41. The Morgan fingerprint density at radius 2 is 2.04 bits per heavy atom. The first kappa shape index (κ1) is 17.0. The molecule has 3 heterocycles. The fourth-order valence-corrected chi connectivity index (χ4v) is 3.44. The molecule has 26 heavy (non-hydrogen) atoms. The van der Waals surface area contributed by atoms with Crippen molar-refractivity contribution in [1.29, 1.82) is 0 Å². The van der Waals surface area contributed by atoms with Crippen LogP contribution in [0.2, 0.25) is 0 Å². The van der Waals surface area contributed by atoms with Crippen molar-refractivity contribution >= 4 is 11.7 Å². The molecule has 2 aromatic rings. The minimum atomic E-state index is -4.40. The summed E-state index contributed by atoms with van der Waals surface area (Å²) in [5, 5.41) is 3.22. The highest BCUT2D eigenvalue weighted by Crippen LogP contribution is 2.30. The smallest absolute Gasteiger partial charge is 0.313 e. The number of imidazole rings is 1. The molecule has 0 bridgehead atoms. The molecule has 1 atom stereocenters. The van der Waals surface area contributed by atoms with Gasteiger partial charge >= 0.3 is 6.18 Å². The maximum Gasteiger partial charge on any atom is 0.416 e. The van der Waals surface area contributed by atoms with E-state index in [1.54, 1.807) is 17.2 Å². The summed E-state index contributed by atoms with van der Waals surface area (Å²) in [6.07, 6.45) is -1.37. The molecule has 1 aromatic heterocycles. The molecule has 6 nitrogen and oxygen atoms in total. The van der Waals surface area contributed by atoms with Gasteiger partial charge in [0, 0.05) is 38.4 Å². The number of nitrogens with one attached hydrogen (secondary N) is 1. The van der Waals surface area contributed by atoms with Crippen LogP contribution in [0.3, 0.4) is 0 Å². The SMILES string of the molecule is O=C1[C@H]2CNCCN2CCN1c1cn(-c2cccc(C(F)(F)F)c2)cn1. The zero-order valence-electron chi connectivity index (χ0n) is 13.9. The molecule has 0 aliphatic carbocycles. The number of hydrogen-bond donors (Lipinski definition) is 1. The third kappa shape index (κ3) is 3.08. The van der Waals surface area contributed by atoms with E-state index in [1.165, 1.54) is 17.0 Å². The molecule has 2 aliphatic rings. The molecular weight excluding hydrogens is 347 g/mol. The second-order valence-electron chi connectivity index (χ2n) is 6.43. The number of halogens is 3. The van der Waals surface area contributed by atoms with Gasteiger partial charge in [-0.25, -0.2) is 4.98 Å². The number of alkyl halides is 3. The zero-order chi connectivity index (χ0) is 18.3. The molecular formula is C17H18F3N5O. The Labute approximate surface area is 148 Å². The summed E-state index contributed by atoms with van der Waals surface area (Å²) >= 11 is 0.